The van der Waals surface area contributed by atoms with Crippen LogP contribution in [0.5, 0.6) is 0 Å². The van der Waals surface area contributed by atoms with Crippen LogP contribution in [0.25, 0.3) is 0 Å². The third kappa shape index (κ3) is 3.91. The van der Waals surface area contributed by atoms with Gasteiger partial charge in [0.15, 0.2) is 0 Å². The van der Waals surface area contributed by atoms with E-state index in [0.717, 1.165) is 39.4 Å². The second-order valence-corrected chi connectivity index (χ2v) is 7.44. The number of aliphatic hydroxyl groups excluding tert-OH is 1. The van der Waals surface area contributed by atoms with Gasteiger partial charge in [0.25, 0.3) is 0 Å². The number of hydrogen-bond acceptors (Lipinski definition) is 6. The molecule has 3 fully saturated rings. The molecule has 1 N–H and O–H groups in total. The zero-order valence-electron chi connectivity index (χ0n) is 14.6. The molecule has 3 aliphatic heterocycles. The minimum absolute atomic E-state index is 0.135. The molecule has 0 aliphatic carbocycles. The van der Waals surface area contributed by atoms with Gasteiger partial charge < -0.3 is 29.1 Å². The fourth-order valence-corrected chi connectivity index (χ4v) is 4.33. The monoisotopic (exact) mass is 342 g/mol. The van der Waals surface area contributed by atoms with Crippen molar-refractivity contribution in [1.82, 2.24) is 9.80 Å². The Balaban J connectivity index is 1.54. The Morgan fingerprint density at radius 3 is 2.62 bits per heavy atom. The van der Waals surface area contributed by atoms with Crippen molar-refractivity contribution in [3.05, 3.63) is 0 Å². The predicted octanol–water partition coefficient (Wildman–Crippen LogP) is -0.561. The summed E-state index contributed by atoms with van der Waals surface area (Å²) < 4.78 is 16.2. The summed E-state index contributed by atoms with van der Waals surface area (Å²) in [7, 11) is 1.61. The molecular formula is C17H30N2O5. The van der Waals surface area contributed by atoms with Crippen molar-refractivity contribution in [2.75, 3.05) is 79.5 Å². The Bertz CT molecular complexity index is 427. The molecule has 2 unspecified atom stereocenters. The zero-order valence-corrected chi connectivity index (χ0v) is 14.6. The number of carbonyl (C=O) groups excluding carboxylic acids is 1. The maximum atomic E-state index is 12.2. The highest BCUT2D eigenvalue weighted by atomic mass is 16.5. The van der Waals surface area contributed by atoms with E-state index in [1.54, 1.807) is 7.11 Å². The number of amides is 1. The molecular weight excluding hydrogens is 312 g/mol. The number of hydrogen-bond donors (Lipinski definition) is 1. The largest absolute Gasteiger partial charge is 0.396 e. The van der Waals surface area contributed by atoms with Crippen molar-refractivity contribution in [3.8, 4) is 0 Å². The second kappa shape index (κ2) is 8.10. The van der Waals surface area contributed by atoms with Crippen LogP contribution in [-0.2, 0) is 19.0 Å². The van der Waals surface area contributed by atoms with Gasteiger partial charge in [-0.2, -0.15) is 0 Å². The fraction of sp³-hybridized carbons (Fsp3) is 0.941. The molecule has 3 aliphatic rings. The Labute approximate surface area is 143 Å². The highest BCUT2D eigenvalue weighted by Crippen LogP contribution is 2.42. The standard InChI is InChI=1S/C17H30N2O5/c1-22-3-2-16(21)19-8-15-7-18(11-17(15,12-19)13-20)6-14-9-23-4-5-24-10-14/h14-15,20H,2-13H2,1H3. The van der Waals surface area contributed by atoms with E-state index in [4.69, 9.17) is 14.2 Å². The lowest BCUT2D eigenvalue weighted by Crippen LogP contribution is -2.40. The van der Waals surface area contributed by atoms with Gasteiger partial charge in [0.05, 0.1) is 46.1 Å². The average molecular weight is 342 g/mol. The van der Waals surface area contributed by atoms with Gasteiger partial charge >= 0.3 is 0 Å². The molecule has 3 rings (SSSR count). The van der Waals surface area contributed by atoms with Crippen LogP contribution in [-0.4, -0.2) is 100 Å². The minimum Gasteiger partial charge on any atom is -0.396 e. The highest BCUT2D eigenvalue weighted by molar-refractivity contribution is 5.76. The maximum absolute atomic E-state index is 12.2. The Kier molecular flexibility index (Phi) is 6.10. The van der Waals surface area contributed by atoms with Gasteiger partial charge in [0.1, 0.15) is 0 Å². The maximum Gasteiger partial charge on any atom is 0.224 e. The summed E-state index contributed by atoms with van der Waals surface area (Å²) in [5.74, 6) is 0.874. The number of ether oxygens (including phenoxy) is 3. The smallest absolute Gasteiger partial charge is 0.224 e. The lowest BCUT2D eigenvalue weighted by molar-refractivity contribution is -0.131. The van der Waals surface area contributed by atoms with Crippen molar-refractivity contribution in [1.29, 1.82) is 0 Å². The molecule has 0 aromatic rings. The van der Waals surface area contributed by atoms with Crippen LogP contribution in [0.1, 0.15) is 6.42 Å². The van der Waals surface area contributed by atoms with E-state index in [1.165, 1.54) is 0 Å². The van der Waals surface area contributed by atoms with Crippen LogP contribution in [0.15, 0.2) is 0 Å². The number of rotatable bonds is 6. The first kappa shape index (κ1) is 18.1. The highest BCUT2D eigenvalue weighted by Gasteiger charge is 2.53. The Morgan fingerprint density at radius 1 is 1.25 bits per heavy atom. The molecule has 2 atom stereocenters. The number of fused-ring (bicyclic) bond motifs is 1. The van der Waals surface area contributed by atoms with Gasteiger partial charge in [-0.3, -0.25) is 4.79 Å². The summed E-state index contributed by atoms with van der Waals surface area (Å²) in [4.78, 5) is 16.6. The van der Waals surface area contributed by atoms with E-state index in [-0.39, 0.29) is 17.9 Å². The Morgan fingerprint density at radius 2 is 2.00 bits per heavy atom. The van der Waals surface area contributed by atoms with E-state index >= 15 is 0 Å². The number of nitrogens with zero attached hydrogens (tertiary/aromatic N) is 2. The first-order valence-corrected chi connectivity index (χ1v) is 8.92. The van der Waals surface area contributed by atoms with Crippen LogP contribution in [0.2, 0.25) is 0 Å². The summed E-state index contributed by atoms with van der Waals surface area (Å²) in [6.07, 6.45) is 0.422. The Hall–Kier alpha value is -0.730. The van der Waals surface area contributed by atoms with Gasteiger partial charge in [-0.15, -0.1) is 0 Å². The molecule has 3 saturated heterocycles. The molecule has 0 saturated carbocycles. The van der Waals surface area contributed by atoms with Gasteiger partial charge in [-0.05, 0) is 5.92 Å². The molecule has 24 heavy (non-hydrogen) atoms. The molecule has 7 heteroatoms. The third-order valence-electron chi connectivity index (χ3n) is 5.61. The number of carbonyl (C=O) groups is 1. The van der Waals surface area contributed by atoms with E-state index in [0.29, 0.717) is 44.6 Å². The molecule has 1 amide bonds. The molecule has 0 spiro atoms. The molecule has 0 bridgehead atoms. The van der Waals surface area contributed by atoms with E-state index < -0.39 is 0 Å². The van der Waals surface area contributed by atoms with E-state index in [9.17, 15) is 9.90 Å². The summed E-state index contributed by atoms with van der Waals surface area (Å²) in [5.41, 5.74) is -0.171. The van der Waals surface area contributed by atoms with Crippen LogP contribution in [0.4, 0.5) is 0 Å². The van der Waals surface area contributed by atoms with Crippen molar-refractivity contribution >= 4 is 5.91 Å². The van der Waals surface area contributed by atoms with Crippen molar-refractivity contribution < 1.29 is 24.1 Å². The predicted molar refractivity (Wildman–Crippen MR) is 87.6 cm³/mol. The van der Waals surface area contributed by atoms with Gasteiger partial charge in [0, 0.05) is 51.2 Å². The second-order valence-electron chi connectivity index (χ2n) is 7.44. The lowest BCUT2D eigenvalue weighted by Gasteiger charge is -2.28. The topological polar surface area (TPSA) is 71.5 Å². The van der Waals surface area contributed by atoms with Crippen LogP contribution < -0.4 is 0 Å². The summed E-state index contributed by atoms with van der Waals surface area (Å²) in [6, 6.07) is 0. The zero-order chi connectivity index (χ0) is 17.0. The summed E-state index contributed by atoms with van der Waals surface area (Å²) in [6.45, 7) is 7.57. The lowest BCUT2D eigenvalue weighted by atomic mass is 9.82. The molecule has 0 aromatic heterocycles. The van der Waals surface area contributed by atoms with Crippen LogP contribution >= 0.6 is 0 Å². The van der Waals surface area contributed by atoms with Gasteiger partial charge in [0.2, 0.25) is 5.91 Å². The van der Waals surface area contributed by atoms with E-state index in [1.807, 2.05) is 4.90 Å². The number of likely N-dealkylation sites (tertiary alicyclic amines) is 2. The van der Waals surface area contributed by atoms with Crippen molar-refractivity contribution in [2.24, 2.45) is 17.3 Å². The third-order valence-corrected chi connectivity index (χ3v) is 5.61. The van der Waals surface area contributed by atoms with E-state index in [2.05, 4.69) is 4.90 Å². The molecule has 7 nitrogen and oxygen atoms in total. The quantitative estimate of drug-likeness (QED) is 0.698. The minimum atomic E-state index is -0.171. The SMILES string of the molecule is COCCC(=O)N1CC2CN(CC3COCCOC3)CC2(CO)C1. The van der Waals surface area contributed by atoms with Crippen LogP contribution in [0, 0.1) is 17.3 Å². The summed E-state index contributed by atoms with van der Waals surface area (Å²) in [5, 5.41) is 10.0. The first-order chi connectivity index (χ1) is 11.7. The van der Waals surface area contributed by atoms with Crippen LogP contribution in [0.3, 0.4) is 0 Å². The van der Waals surface area contributed by atoms with Gasteiger partial charge in [-0.25, -0.2) is 0 Å². The molecule has 0 aromatic carbocycles. The van der Waals surface area contributed by atoms with Crippen molar-refractivity contribution in [3.63, 3.8) is 0 Å². The average Bonchev–Trinajstić information content (AvgIpc) is 2.96. The molecule has 0 radical (unpaired) electrons. The van der Waals surface area contributed by atoms with Gasteiger partial charge in [-0.1, -0.05) is 0 Å². The fourth-order valence-electron chi connectivity index (χ4n) is 4.33. The summed E-state index contributed by atoms with van der Waals surface area (Å²) >= 11 is 0. The van der Waals surface area contributed by atoms with Crippen molar-refractivity contribution in [2.45, 2.75) is 6.42 Å². The number of methoxy groups -OCH3 is 1. The normalized spacial score (nSPS) is 32.1. The molecule has 138 valence electrons. The molecule has 3 heterocycles. The first-order valence-electron chi connectivity index (χ1n) is 8.92. The number of aliphatic hydroxyl groups is 1.